The van der Waals surface area contributed by atoms with Crippen LogP contribution in [0.4, 0.5) is 4.39 Å². The number of pyridine rings is 1. The normalized spacial score (nSPS) is 10.5. The van der Waals surface area contributed by atoms with Crippen LogP contribution in [0.3, 0.4) is 0 Å². The number of hydrogen-bond donors (Lipinski definition) is 1. The lowest BCUT2D eigenvalue weighted by atomic mass is 10.1. The van der Waals surface area contributed by atoms with E-state index in [1.54, 1.807) is 42.8 Å². The molecule has 0 aliphatic heterocycles. The van der Waals surface area contributed by atoms with Crippen molar-refractivity contribution in [3.63, 3.8) is 0 Å². The molecular formula is C18H15FN2OS. The molecular weight excluding hydrogens is 311 g/mol. The molecule has 0 aliphatic carbocycles. The quantitative estimate of drug-likeness (QED) is 0.781. The zero-order chi connectivity index (χ0) is 16.2. The van der Waals surface area contributed by atoms with Gasteiger partial charge in [0.15, 0.2) is 0 Å². The SMILES string of the molecule is Cc1ccc(C(=O)NCc2cncc(-c3cccs3)c2)cc1F. The van der Waals surface area contributed by atoms with Crippen LogP contribution >= 0.6 is 11.3 Å². The summed E-state index contributed by atoms with van der Waals surface area (Å²) in [5.74, 6) is -0.676. The average molecular weight is 326 g/mol. The summed E-state index contributed by atoms with van der Waals surface area (Å²) in [5.41, 5.74) is 2.76. The second-order valence-electron chi connectivity index (χ2n) is 5.21. The highest BCUT2D eigenvalue weighted by molar-refractivity contribution is 7.13. The number of hydrogen-bond acceptors (Lipinski definition) is 3. The molecule has 0 saturated carbocycles. The van der Waals surface area contributed by atoms with Crippen molar-refractivity contribution in [2.24, 2.45) is 0 Å². The smallest absolute Gasteiger partial charge is 0.251 e. The predicted molar refractivity (Wildman–Crippen MR) is 89.9 cm³/mol. The van der Waals surface area contributed by atoms with Gasteiger partial charge in [0, 0.05) is 34.9 Å². The Morgan fingerprint density at radius 1 is 1.26 bits per heavy atom. The highest BCUT2D eigenvalue weighted by atomic mass is 32.1. The molecule has 0 bridgehead atoms. The molecule has 0 fully saturated rings. The first-order valence-electron chi connectivity index (χ1n) is 7.15. The van der Waals surface area contributed by atoms with Crippen LogP contribution < -0.4 is 5.32 Å². The average Bonchev–Trinajstić information content (AvgIpc) is 3.10. The van der Waals surface area contributed by atoms with Gasteiger partial charge in [-0.05, 0) is 47.7 Å². The highest BCUT2D eigenvalue weighted by Gasteiger charge is 2.08. The summed E-state index contributed by atoms with van der Waals surface area (Å²) in [4.78, 5) is 17.4. The van der Waals surface area contributed by atoms with E-state index in [2.05, 4.69) is 10.3 Å². The number of carbonyl (C=O) groups excluding carboxylic acids is 1. The molecule has 5 heteroatoms. The number of thiophene rings is 1. The highest BCUT2D eigenvalue weighted by Crippen LogP contribution is 2.24. The maximum absolute atomic E-state index is 13.5. The molecule has 2 heterocycles. The first kappa shape index (κ1) is 15.4. The Kier molecular flexibility index (Phi) is 4.48. The van der Waals surface area contributed by atoms with E-state index >= 15 is 0 Å². The van der Waals surface area contributed by atoms with Crippen molar-refractivity contribution in [2.75, 3.05) is 0 Å². The van der Waals surface area contributed by atoms with E-state index < -0.39 is 0 Å². The van der Waals surface area contributed by atoms with Crippen LogP contribution in [0.25, 0.3) is 10.4 Å². The lowest BCUT2D eigenvalue weighted by molar-refractivity contribution is 0.0950. The van der Waals surface area contributed by atoms with Gasteiger partial charge in [0.1, 0.15) is 5.82 Å². The monoisotopic (exact) mass is 326 g/mol. The molecule has 1 N–H and O–H groups in total. The number of rotatable bonds is 4. The number of carbonyl (C=O) groups is 1. The van der Waals surface area contributed by atoms with Crippen LogP contribution in [0.2, 0.25) is 0 Å². The largest absolute Gasteiger partial charge is 0.348 e. The van der Waals surface area contributed by atoms with Crippen LogP contribution in [0.1, 0.15) is 21.5 Å². The molecule has 0 unspecified atom stereocenters. The number of amides is 1. The van der Waals surface area contributed by atoms with E-state index in [9.17, 15) is 9.18 Å². The van der Waals surface area contributed by atoms with Crippen LogP contribution in [0.15, 0.2) is 54.2 Å². The second-order valence-corrected chi connectivity index (χ2v) is 6.15. The van der Waals surface area contributed by atoms with Crippen molar-refractivity contribution in [3.05, 3.63) is 76.7 Å². The molecule has 0 saturated heterocycles. The molecule has 23 heavy (non-hydrogen) atoms. The summed E-state index contributed by atoms with van der Waals surface area (Å²) in [5, 5.41) is 4.80. The van der Waals surface area contributed by atoms with Gasteiger partial charge in [0.05, 0.1) is 0 Å². The van der Waals surface area contributed by atoms with E-state index in [1.807, 2.05) is 23.6 Å². The molecule has 3 aromatic rings. The first-order valence-corrected chi connectivity index (χ1v) is 8.03. The van der Waals surface area contributed by atoms with Gasteiger partial charge in [0.25, 0.3) is 5.91 Å². The minimum atomic E-state index is -0.376. The number of aryl methyl sites for hydroxylation is 1. The maximum Gasteiger partial charge on any atom is 0.251 e. The Balaban J connectivity index is 1.69. The van der Waals surface area contributed by atoms with Crippen LogP contribution in [0.5, 0.6) is 0 Å². The van der Waals surface area contributed by atoms with E-state index in [0.717, 1.165) is 16.0 Å². The number of nitrogens with one attached hydrogen (secondary N) is 1. The fraction of sp³-hybridized carbons (Fsp3) is 0.111. The van der Waals surface area contributed by atoms with Crippen molar-refractivity contribution in [3.8, 4) is 10.4 Å². The predicted octanol–water partition coefficient (Wildman–Crippen LogP) is 4.19. The van der Waals surface area contributed by atoms with E-state index in [0.29, 0.717) is 17.7 Å². The third-order valence-electron chi connectivity index (χ3n) is 3.49. The first-order chi connectivity index (χ1) is 11.1. The zero-order valence-corrected chi connectivity index (χ0v) is 13.4. The Morgan fingerprint density at radius 3 is 2.87 bits per heavy atom. The minimum absolute atomic E-state index is 0.301. The number of nitrogens with zero attached hydrogens (tertiary/aromatic N) is 1. The van der Waals surface area contributed by atoms with Crippen LogP contribution in [-0.2, 0) is 6.54 Å². The minimum Gasteiger partial charge on any atom is -0.348 e. The molecule has 1 amide bonds. The van der Waals surface area contributed by atoms with Gasteiger partial charge >= 0.3 is 0 Å². The van der Waals surface area contributed by atoms with E-state index in [-0.39, 0.29) is 11.7 Å². The van der Waals surface area contributed by atoms with Gasteiger partial charge in [-0.25, -0.2) is 4.39 Å². The van der Waals surface area contributed by atoms with Gasteiger partial charge in [-0.15, -0.1) is 11.3 Å². The third-order valence-corrected chi connectivity index (χ3v) is 4.41. The zero-order valence-electron chi connectivity index (χ0n) is 12.5. The Labute approximate surface area is 137 Å². The molecule has 0 radical (unpaired) electrons. The van der Waals surface area contributed by atoms with Gasteiger partial charge in [-0.3, -0.25) is 9.78 Å². The summed E-state index contributed by atoms with van der Waals surface area (Å²) in [7, 11) is 0. The molecule has 0 atom stereocenters. The van der Waals surface area contributed by atoms with Crippen LogP contribution in [-0.4, -0.2) is 10.9 Å². The number of aromatic nitrogens is 1. The topological polar surface area (TPSA) is 42.0 Å². The number of benzene rings is 1. The van der Waals surface area contributed by atoms with Crippen molar-refractivity contribution in [1.29, 1.82) is 0 Å². The molecule has 0 spiro atoms. The van der Waals surface area contributed by atoms with Crippen LogP contribution in [0, 0.1) is 12.7 Å². The van der Waals surface area contributed by atoms with Crippen molar-refractivity contribution >= 4 is 17.2 Å². The maximum atomic E-state index is 13.5. The third kappa shape index (κ3) is 3.63. The summed E-state index contributed by atoms with van der Waals surface area (Å²) in [6.07, 6.45) is 3.51. The molecule has 3 rings (SSSR count). The molecule has 0 aliphatic rings. The number of halogens is 1. The van der Waals surface area contributed by atoms with Crippen molar-refractivity contribution < 1.29 is 9.18 Å². The van der Waals surface area contributed by atoms with Gasteiger partial charge in [-0.1, -0.05) is 12.1 Å². The lowest BCUT2D eigenvalue weighted by Crippen LogP contribution is -2.23. The Bertz CT molecular complexity index is 831. The molecule has 116 valence electrons. The van der Waals surface area contributed by atoms with E-state index in [1.165, 1.54) is 6.07 Å². The van der Waals surface area contributed by atoms with Gasteiger partial charge < -0.3 is 5.32 Å². The van der Waals surface area contributed by atoms with Gasteiger partial charge in [-0.2, -0.15) is 0 Å². The summed E-state index contributed by atoms with van der Waals surface area (Å²) >= 11 is 1.64. The second kappa shape index (κ2) is 6.71. The molecule has 3 nitrogen and oxygen atoms in total. The summed E-state index contributed by atoms with van der Waals surface area (Å²) in [6.45, 7) is 2.01. The lowest BCUT2D eigenvalue weighted by Gasteiger charge is -2.07. The van der Waals surface area contributed by atoms with Gasteiger partial charge in [0.2, 0.25) is 0 Å². The Hall–Kier alpha value is -2.53. The summed E-state index contributed by atoms with van der Waals surface area (Å²) < 4.78 is 13.5. The summed E-state index contributed by atoms with van der Waals surface area (Å²) in [6, 6.07) is 10.5. The Morgan fingerprint density at radius 2 is 2.13 bits per heavy atom. The molecule has 1 aromatic carbocycles. The van der Waals surface area contributed by atoms with E-state index in [4.69, 9.17) is 0 Å². The van der Waals surface area contributed by atoms with Crippen molar-refractivity contribution in [1.82, 2.24) is 10.3 Å². The fourth-order valence-corrected chi connectivity index (χ4v) is 2.89. The molecule has 2 aromatic heterocycles. The fourth-order valence-electron chi connectivity index (χ4n) is 2.18. The standard InChI is InChI=1S/C18H15FN2OS/c1-12-4-5-14(8-16(12)19)18(22)21-10-13-7-15(11-20-9-13)17-3-2-6-23-17/h2-9,11H,10H2,1H3,(H,21,22). The van der Waals surface area contributed by atoms with Crippen molar-refractivity contribution in [2.45, 2.75) is 13.5 Å².